The second kappa shape index (κ2) is 4.76. The van der Waals surface area contributed by atoms with Gasteiger partial charge in [-0.25, -0.2) is 19.3 Å². The molecule has 0 spiro atoms. The highest BCUT2D eigenvalue weighted by Crippen LogP contribution is 2.12. The molecular weight excluding hydrogens is 243 g/mol. The van der Waals surface area contributed by atoms with Crippen LogP contribution in [0.15, 0.2) is 36.8 Å². The van der Waals surface area contributed by atoms with E-state index in [1.807, 2.05) is 29.9 Å². The van der Waals surface area contributed by atoms with Crippen molar-refractivity contribution in [3.8, 4) is 0 Å². The molecule has 19 heavy (non-hydrogen) atoms. The van der Waals surface area contributed by atoms with Crippen molar-refractivity contribution in [2.45, 2.75) is 12.8 Å². The molecule has 3 aromatic heterocycles. The van der Waals surface area contributed by atoms with Gasteiger partial charge in [0.25, 0.3) is 0 Å². The van der Waals surface area contributed by atoms with E-state index in [-0.39, 0.29) is 5.82 Å². The van der Waals surface area contributed by atoms with Gasteiger partial charge in [-0.2, -0.15) is 0 Å². The average molecular weight is 256 g/mol. The van der Waals surface area contributed by atoms with Crippen molar-refractivity contribution in [1.29, 1.82) is 0 Å². The maximum Gasteiger partial charge on any atom is 0.159 e. The third-order valence-corrected chi connectivity index (χ3v) is 3.09. The van der Waals surface area contributed by atoms with Crippen LogP contribution in [0.2, 0.25) is 0 Å². The van der Waals surface area contributed by atoms with E-state index in [0.29, 0.717) is 5.65 Å². The molecule has 0 bridgehead atoms. The van der Waals surface area contributed by atoms with E-state index in [9.17, 15) is 4.39 Å². The fourth-order valence-electron chi connectivity index (χ4n) is 2.04. The lowest BCUT2D eigenvalue weighted by Gasteiger charge is -2.03. The van der Waals surface area contributed by atoms with Gasteiger partial charge in [-0.05, 0) is 24.6 Å². The SMILES string of the molecule is Cn1ccnc1CCc1ccc2cc(F)cnc2n1. The first kappa shape index (κ1) is 11.8. The minimum Gasteiger partial charge on any atom is -0.338 e. The van der Waals surface area contributed by atoms with E-state index in [1.54, 1.807) is 6.20 Å². The maximum absolute atomic E-state index is 13.0. The molecule has 0 saturated carbocycles. The molecular formula is C14H13FN4. The smallest absolute Gasteiger partial charge is 0.159 e. The molecule has 0 aromatic carbocycles. The van der Waals surface area contributed by atoms with Gasteiger partial charge in [0.15, 0.2) is 5.65 Å². The molecule has 0 atom stereocenters. The molecule has 3 aromatic rings. The average Bonchev–Trinajstić information content (AvgIpc) is 2.82. The van der Waals surface area contributed by atoms with Gasteiger partial charge in [0.1, 0.15) is 11.6 Å². The van der Waals surface area contributed by atoms with Crippen molar-refractivity contribution < 1.29 is 4.39 Å². The summed E-state index contributed by atoms with van der Waals surface area (Å²) in [5.74, 6) is 0.684. The zero-order chi connectivity index (χ0) is 13.2. The Bertz CT molecular complexity index is 720. The van der Waals surface area contributed by atoms with Crippen LogP contribution in [0.4, 0.5) is 4.39 Å². The lowest BCUT2D eigenvalue weighted by Crippen LogP contribution is -2.01. The van der Waals surface area contributed by atoms with Gasteiger partial charge in [-0.3, -0.25) is 0 Å². The summed E-state index contributed by atoms with van der Waals surface area (Å²) >= 11 is 0. The number of aromatic nitrogens is 4. The number of nitrogens with zero attached hydrogens (tertiary/aromatic N) is 4. The second-order valence-corrected chi connectivity index (χ2v) is 4.46. The van der Waals surface area contributed by atoms with Gasteiger partial charge in [-0.15, -0.1) is 0 Å². The van der Waals surface area contributed by atoms with Gasteiger partial charge in [0.2, 0.25) is 0 Å². The molecule has 0 aliphatic heterocycles. The largest absolute Gasteiger partial charge is 0.338 e. The topological polar surface area (TPSA) is 43.6 Å². The Morgan fingerprint density at radius 3 is 2.89 bits per heavy atom. The fraction of sp³-hybridized carbons (Fsp3) is 0.214. The van der Waals surface area contributed by atoms with Crippen LogP contribution in [-0.4, -0.2) is 19.5 Å². The Morgan fingerprint density at radius 2 is 2.11 bits per heavy atom. The quantitative estimate of drug-likeness (QED) is 0.722. The number of hydrogen-bond donors (Lipinski definition) is 0. The van der Waals surface area contributed by atoms with Crippen LogP contribution < -0.4 is 0 Å². The molecule has 0 fully saturated rings. The van der Waals surface area contributed by atoms with Gasteiger partial charge < -0.3 is 4.57 Å². The summed E-state index contributed by atoms with van der Waals surface area (Å²) < 4.78 is 15.0. The van der Waals surface area contributed by atoms with Crippen LogP contribution in [0, 0.1) is 5.82 Å². The van der Waals surface area contributed by atoms with Crippen molar-refractivity contribution in [2.75, 3.05) is 0 Å². The van der Waals surface area contributed by atoms with Gasteiger partial charge >= 0.3 is 0 Å². The van der Waals surface area contributed by atoms with E-state index >= 15 is 0 Å². The molecule has 0 radical (unpaired) electrons. The van der Waals surface area contributed by atoms with Crippen molar-refractivity contribution in [1.82, 2.24) is 19.5 Å². The van der Waals surface area contributed by atoms with Gasteiger partial charge in [0, 0.05) is 36.9 Å². The maximum atomic E-state index is 13.0. The molecule has 0 saturated heterocycles. The Kier molecular flexibility index (Phi) is 2.95. The monoisotopic (exact) mass is 256 g/mol. The van der Waals surface area contributed by atoms with Crippen LogP contribution in [0.1, 0.15) is 11.5 Å². The summed E-state index contributed by atoms with van der Waals surface area (Å²) in [7, 11) is 1.97. The number of aryl methyl sites for hydroxylation is 3. The number of fused-ring (bicyclic) bond motifs is 1. The molecule has 0 unspecified atom stereocenters. The third kappa shape index (κ3) is 2.45. The minimum atomic E-state index is -0.338. The summed E-state index contributed by atoms with van der Waals surface area (Å²) in [4.78, 5) is 12.7. The number of pyridine rings is 2. The van der Waals surface area contributed by atoms with Crippen LogP contribution in [-0.2, 0) is 19.9 Å². The molecule has 96 valence electrons. The number of imidazole rings is 1. The Labute approximate surface area is 110 Å². The third-order valence-electron chi connectivity index (χ3n) is 3.09. The summed E-state index contributed by atoms with van der Waals surface area (Å²) in [6.45, 7) is 0. The Balaban J connectivity index is 1.82. The highest BCUT2D eigenvalue weighted by atomic mass is 19.1. The molecule has 3 heterocycles. The number of rotatable bonds is 3. The molecule has 0 aliphatic rings. The fourth-order valence-corrected chi connectivity index (χ4v) is 2.04. The van der Waals surface area contributed by atoms with Crippen molar-refractivity contribution in [3.63, 3.8) is 0 Å². The van der Waals surface area contributed by atoms with E-state index in [2.05, 4.69) is 15.0 Å². The summed E-state index contributed by atoms with van der Waals surface area (Å²) in [5.41, 5.74) is 1.52. The van der Waals surface area contributed by atoms with Crippen LogP contribution >= 0.6 is 0 Å². The van der Waals surface area contributed by atoms with Crippen molar-refractivity contribution in [2.24, 2.45) is 7.05 Å². The lowest BCUT2D eigenvalue weighted by atomic mass is 10.2. The van der Waals surface area contributed by atoms with Crippen LogP contribution in [0.5, 0.6) is 0 Å². The molecule has 0 N–H and O–H groups in total. The zero-order valence-corrected chi connectivity index (χ0v) is 10.5. The molecule has 3 rings (SSSR count). The highest BCUT2D eigenvalue weighted by Gasteiger charge is 2.04. The number of halogens is 1. The second-order valence-electron chi connectivity index (χ2n) is 4.46. The predicted molar refractivity (Wildman–Crippen MR) is 70.1 cm³/mol. The minimum absolute atomic E-state index is 0.338. The van der Waals surface area contributed by atoms with E-state index in [1.165, 1.54) is 12.3 Å². The van der Waals surface area contributed by atoms with Crippen molar-refractivity contribution >= 4 is 11.0 Å². The van der Waals surface area contributed by atoms with Crippen LogP contribution in [0.25, 0.3) is 11.0 Å². The summed E-state index contributed by atoms with van der Waals surface area (Å²) in [6.07, 6.45) is 6.52. The van der Waals surface area contributed by atoms with E-state index < -0.39 is 0 Å². The first-order valence-corrected chi connectivity index (χ1v) is 6.10. The van der Waals surface area contributed by atoms with Gasteiger partial charge in [0.05, 0.1) is 6.20 Å². The highest BCUT2D eigenvalue weighted by molar-refractivity contribution is 5.74. The normalized spacial score (nSPS) is 11.1. The number of hydrogen-bond acceptors (Lipinski definition) is 3. The molecule has 5 heteroatoms. The predicted octanol–water partition coefficient (Wildman–Crippen LogP) is 2.29. The Hall–Kier alpha value is -2.30. The first-order chi connectivity index (χ1) is 9.22. The molecule has 0 aliphatic carbocycles. The molecule has 0 amide bonds. The van der Waals surface area contributed by atoms with Crippen LogP contribution in [0.3, 0.4) is 0 Å². The first-order valence-electron chi connectivity index (χ1n) is 6.10. The van der Waals surface area contributed by atoms with E-state index in [4.69, 9.17) is 0 Å². The lowest BCUT2D eigenvalue weighted by molar-refractivity contribution is 0.624. The van der Waals surface area contributed by atoms with Gasteiger partial charge in [-0.1, -0.05) is 0 Å². The standard InChI is InChI=1S/C14H13FN4/c1-19-7-6-16-13(19)5-4-12-3-2-10-8-11(15)9-17-14(10)18-12/h2-3,6-9H,4-5H2,1H3. The summed E-state index contributed by atoms with van der Waals surface area (Å²) in [6, 6.07) is 5.20. The van der Waals surface area contributed by atoms with Crippen molar-refractivity contribution in [3.05, 3.63) is 54.1 Å². The zero-order valence-electron chi connectivity index (χ0n) is 10.5. The summed E-state index contributed by atoms with van der Waals surface area (Å²) in [5, 5.41) is 0.723. The Morgan fingerprint density at radius 1 is 1.21 bits per heavy atom. The molecule has 4 nitrogen and oxygen atoms in total. The van der Waals surface area contributed by atoms with E-state index in [0.717, 1.165) is 29.7 Å².